The molecule has 0 bridgehead atoms. The minimum Gasteiger partial charge on any atom is -0.305 e. The first-order chi connectivity index (χ1) is 12.5. The van der Waals surface area contributed by atoms with Crippen molar-refractivity contribution in [3.63, 3.8) is 0 Å². The van der Waals surface area contributed by atoms with Crippen LogP contribution < -0.4 is 4.90 Å². The van der Waals surface area contributed by atoms with Crippen LogP contribution in [0.5, 0.6) is 0 Å². The average molecular weight is 377 g/mol. The molecular weight excluding hydrogens is 357 g/mol. The molecule has 0 fully saturated rings. The highest BCUT2D eigenvalue weighted by atomic mass is 32.2. The summed E-state index contributed by atoms with van der Waals surface area (Å²) < 4.78 is 18.0. The normalized spacial score (nSPS) is 10.6. The van der Waals surface area contributed by atoms with Crippen molar-refractivity contribution in [2.24, 2.45) is 0 Å². The zero-order valence-corrected chi connectivity index (χ0v) is 15.6. The standard InChI is InChI=1S/C19H20FNO4S/c1-4-19(23)21(16-8-6-15(20)7-9-16)12-17(22)14-5-10-18(13(2)11-14)26-25-24-3/h5-11H,4,12H2,1-3H3. The van der Waals surface area contributed by atoms with E-state index in [4.69, 9.17) is 4.33 Å². The lowest BCUT2D eigenvalue weighted by Crippen LogP contribution is -2.35. The number of rotatable bonds is 8. The van der Waals surface area contributed by atoms with Crippen molar-refractivity contribution < 1.29 is 23.2 Å². The molecule has 2 aromatic rings. The van der Waals surface area contributed by atoms with Crippen molar-refractivity contribution in [2.45, 2.75) is 25.2 Å². The molecule has 0 aliphatic heterocycles. The van der Waals surface area contributed by atoms with E-state index in [1.54, 1.807) is 25.1 Å². The first-order valence-corrected chi connectivity index (χ1v) is 8.77. The van der Waals surface area contributed by atoms with Gasteiger partial charge in [0, 0.05) is 22.6 Å². The minimum atomic E-state index is -0.397. The van der Waals surface area contributed by atoms with E-state index < -0.39 is 5.82 Å². The van der Waals surface area contributed by atoms with Gasteiger partial charge in [-0.15, -0.1) is 0 Å². The highest BCUT2D eigenvalue weighted by Crippen LogP contribution is 2.25. The Morgan fingerprint density at radius 3 is 2.42 bits per heavy atom. The van der Waals surface area contributed by atoms with E-state index in [-0.39, 0.29) is 24.7 Å². The van der Waals surface area contributed by atoms with Gasteiger partial charge in [-0.2, -0.15) is 4.33 Å². The molecule has 0 N–H and O–H groups in total. The number of hydrogen-bond acceptors (Lipinski definition) is 5. The number of anilines is 1. The largest absolute Gasteiger partial charge is 0.305 e. The summed E-state index contributed by atoms with van der Waals surface area (Å²) in [5, 5.41) is 0. The van der Waals surface area contributed by atoms with Gasteiger partial charge in [0.25, 0.3) is 0 Å². The van der Waals surface area contributed by atoms with Gasteiger partial charge in [0.05, 0.1) is 25.7 Å². The number of hydrogen-bond donors (Lipinski definition) is 0. The first-order valence-electron chi connectivity index (χ1n) is 8.03. The third-order valence-electron chi connectivity index (χ3n) is 3.73. The fourth-order valence-electron chi connectivity index (χ4n) is 2.36. The molecule has 0 aromatic heterocycles. The average Bonchev–Trinajstić information content (AvgIpc) is 2.65. The Morgan fingerprint density at radius 1 is 1.15 bits per heavy atom. The number of benzene rings is 2. The molecule has 0 saturated heterocycles. The number of carbonyl (C=O) groups is 2. The molecule has 7 heteroatoms. The fraction of sp³-hybridized carbons (Fsp3) is 0.263. The van der Waals surface area contributed by atoms with Crippen LogP contribution in [0.3, 0.4) is 0 Å². The lowest BCUT2D eigenvalue weighted by molar-refractivity contribution is -0.160. The maximum atomic E-state index is 13.1. The highest BCUT2D eigenvalue weighted by molar-refractivity contribution is 7.94. The molecule has 0 atom stereocenters. The van der Waals surface area contributed by atoms with E-state index >= 15 is 0 Å². The zero-order chi connectivity index (χ0) is 19.1. The number of aryl methyl sites for hydroxylation is 1. The number of amides is 1. The van der Waals surface area contributed by atoms with Crippen LogP contribution in [0.4, 0.5) is 10.1 Å². The summed E-state index contributed by atoms with van der Waals surface area (Å²) >= 11 is 1.05. The van der Waals surface area contributed by atoms with Crippen LogP contribution in [0, 0.1) is 12.7 Å². The van der Waals surface area contributed by atoms with Crippen molar-refractivity contribution in [1.29, 1.82) is 0 Å². The summed E-state index contributed by atoms with van der Waals surface area (Å²) in [5.41, 5.74) is 1.83. The summed E-state index contributed by atoms with van der Waals surface area (Å²) in [6.07, 6.45) is 0.244. The third kappa shape index (κ3) is 5.14. The van der Waals surface area contributed by atoms with Gasteiger partial charge in [0.1, 0.15) is 5.82 Å². The van der Waals surface area contributed by atoms with Gasteiger partial charge in [-0.05, 0) is 48.9 Å². The van der Waals surface area contributed by atoms with Gasteiger partial charge in [-0.25, -0.2) is 9.28 Å². The molecular formula is C19H20FNO4S. The maximum absolute atomic E-state index is 13.1. The van der Waals surface area contributed by atoms with Crippen LogP contribution in [-0.4, -0.2) is 25.3 Å². The van der Waals surface area contributed by atoms with Crippen LogP contribution in [0.2, 0.25) is 0 Å². The molecule has 0 unspecified atom stereocenters. The van der Waals surface area contributed by atoms with Crippen molar-refractivity contribution in [3.05, 3.63) is 59.4 Å². The Kier molecular flexibility index (Phi) is 7.32. The SMILES string of the molecule is CCC(=O)N(CC(=O)c1ccc(SOOC)c(C)c1)c1ccc(F)cc1. The monoisotopic (exact) mass is 377 g/mol. The Morgan fingerprint density at radius 2 is 1.85 bits per heavy atom. The van der Waals surface area contributed by atoms with Crippen LogP contribution >= 0.6 is 12.0 Å². The number of carbonyl (C=O) groups excluding carboxylic acids is 2. The van der Waals surface area contributed by atoms with E-state index in [1.807, 2.05) is 6.92 Å². The van der Waals surface area contributed by atoms with Crippen molar-refractivity contribution in [3.8, 4) is 0 Å². The van der Waals surface area contributed by atoms with E-state index in [0.29, 0.717) is 11.3 Å². The number of ketones is 1. The number of nitrogens with zero attached hydrogens (tertiary/aromatic N) is 1. The van der Waals surface area contributed by atoms with Crippen LogP contribution in [-0.2, 0) is 14.0 Å². The number of Topliss-reactive ketones (excluding diaryl/α,β-unsaturated/α-hetero) is 1. The van der Waals surface area contributed by atoms with Crippen molar-refractivity contribution in [1.82, 2.24) is 0 Å². The predicted octanol–water partition coefficient (Wildman–Crippen LogP) is 4.35. The highest BCUT2D eigenvalue weighted by Gasteiger charge is 2.19. The molecule has 0 spiro atoms. The maximum Gasteiger partial charge on any atom is 0.227 e. The summed E-state index contributed by atoms with van der Waals surface area (Å²) in [6, 6.07) is 10.7. The summed E-state index contributed by atoms with van der Waals surface area (Å²) in [6.45, 7) is 3.46. The lowest BCUT2D eigenvalue weighted by atomic mass is 10.1. The first kappa shape index (κ1) is 20.1. The second-order valence-electron chi connectivity index (χ2n) is 5.53. The Bertz CT molecular complexity index is 780. The third-order valence-corrected chi connectivity index (χ3v) is 4.57. The Hall–Kier alpha value is -2.22. The molecule has 0 aliphatic rings. The van der Waals surface area contributed by atoms with E-state index in [2.05, 4.69) is 4.89 Å². The topological polar surface area (TPSA) is 55.8 Å². The van der Waals surface area contributed by atoms with Crippen LogP contribution in [0.1, 0.15) is 29.3 Å². The van der Waals surface area contributed by atoms with Gasteiger partial charge in [0.2, 0.25) is 5.91 Å². The molecule has 0 aliphatic carbocycles. The molecule has 5 nitrogen and oxygen atoms in total. The van der Waals surface area contributed by atoms with Crippen molar-refractivity contribution in [2.75, 3.05) is 18.6 Å². The predicted molar refractivity (Wildman–Crippen MR) is 98.5 cm³/mol. The molecule has 0 heterocycles. The molecule has 26 heavy (non-hydrogen) atoms. The van der Waals surface area contributed by atoms with Gasteiger partial charge >= 0.3 is 0 Å². The van der Waals surface area contributed by atoms with Gasteiger partial charge in [-0.3, -0.25) is 9.59 Å². The van der Waals surface area contributed by atoms with Crippen LogP contribution in [0.15, 0.2) is 47.4 Å². The lowest BCUT2D eigenvalue weighted by Gasteiger charge is -2.22. The molecule has 1 amide bonds. The smallest absolute Gasteiger partial charge is 0.227 e. The Labute approximate surface area is 156 Å². The van der Waals surface area contributed by atoms with E-state index in [9.17, 15) is 14.0 Å². The second kappa shape index (κ2) is 9.47. The van der Waals surface area contributed by atoms with E-state index in [0.717, 1.165) is 22.5 Å². The molecule has 138 valence electrons. The Balaban J connectivity index is 2.20. The van der Waals surface area contributed by atoms with Crippen molar-refractivity contribution >= 4 is 29.4 Å². The summed E-state index contributed by atoms with van der Waals surface area (Å²) in [7, 11) is 1.41. The summed E-state index contributed by atoms with van der Waals surface area (Å²) in [5.74, 6) is -0.809. The quantitative estimate of drug-likeness (QED) is 0.296. The molecule has 2 aromatic carbocycles. The molecule has 2 rings (SSSR count). The molecule has 0 radical (unpaired) electrons. The van der Waals surface area contributed by atoms with Gasteiger partial charge in [0.15, 0.2) is 5.78 Å². The van der Waals surface area contributed by atoms with Gasteiger partial charge < -0.3 is 4.90 Å². The summed E-state index contributed by atoms with van der Waals surface area (Å²) in [4.78, 5) is 31.7. The van der Waals surface area contributed by atoms with Crippen LogP contribution in [0.25, 0.3) is 0 Å². The second-order valence-corrected chi connectivity index (χ2v) is 6.27. The van der Waals surface area contributed by atoms with E-state index in [1.165, 1.54) is 36.3 Å². The molecule has 0 saturated carbocycles. The number of halogens is 1. The minimum absolute atomic E-state index is 0.112. The fourth-order valence-corrected chi connectivity index (χ4v) is 2.81. The zero-order valence-electron chi connectivity index (χ0n) is 14.8. The van der Waals surface area contributed by atoms with Gasteiger partial charge in [-0.1, -0.05) is 13.0 Å².